The van der Waals surface area contributed by atoms with E-state index in [1.807, 2.05) is 6.07 Å². The second-order valence-electron chi connectivity index (χ2n) is 2.52. The minimum Gasteiger partial charge on any atom is -0.294 e. The van der Waals surface area contributed by atoms with Crippen molar-refractivity contribution in [2.45, 2.75) is 12.8 Å². The van der Waals surface area contributed by atoms with Crippen LogP contribution in [0.1, 0.15) is 18.4 Å². The van der Waals surface area contributed by atoms with Crippen LogP contribution < -0.4 is 11.3 Å². The molecule has 3 N–H and O–H groups in total. The van der Waals surface area contributed by atoms with Crippen LogP contribution >= 0.6 is 12.4 Å². The Morgan fingerprint density at radius 3 is 2.85 bits per heavy atom. The summed E-state index contributed by atoms with van der Waals surface area (Å²) < 4.78 is 0. The topological polar surface area (TPSA) is 68.0 Å². The molecule has 0 aromatic carbocycles. The molecule has 4 nitrogen and oxygen atoms in total. The monoisotopic (exact) mass is 201 g/mol. The Morgan fingerprint density at radius 1 is 1.69 bits per heavy atom. The average molecular weight is 202 g/mol. The van der Waals surface area contributed by atoms with Gasteiger partial charge in [0.15, 0.2) is 0 Å². The normalized spacial score (nSPS) is 11.2. The van der Waals surface area contributed by atoms with E-state index in [-0.39, 0.29) is 24.2 Å². The number of hydrazine groups is 1. The number of aromatic nitrogens is 1. The third-order valence-corrected chi connectivity index (χ3v) is 1.72. The number of nitrogens with zero attached hydrogens (tertiary/aromatic N) is 1. The lowest BCUT2D eigenvalue weighted by atomic mass is 10.0. The van der Waals surface area contributed by atoms with Crippen LogP contribution in [-0.4, -0.2) is 10.9 Å². The van der Waals surface area contributed by atoms with Crippen molar-refractivity contribution in [1.29, 1.82) is 0 Å². The number of hydrogen-bond donors (Lipinski definition) is 2. The van der Waals surface area contributed by atoms with Gasteiger partial charge in [0.25, 0.3) is 0 Å². The van der Waals surface area contributed by atoms with E-state index in [1.54, 1.807) is 25.4 Å². The van der Waals surface area contributed by atoms with Gasteiger partial charge in [0, 0.05) is 12.4 Å². The third kappa shape index (κ3) is 3.01. The van der Waals surface area contributed by atoms with E-state index in [0.717, 1.165) is 5.56 Å². The maximum atomic E-state index is 11.0. The number of pyridine rings is 1. The largest absolute Gasteiger partial charge is 0.294 e. The molecular formula is C8H12ClN3O. The van der Waals surface area contributed by atoms with Gasteiger partial charge in [-0.15, -0.1) is 12.4 Å². The smallest absolute Gasteiger partial charge is 0.241 e. The standard InChI is InChI=1S/C8H11N3O.ClH/c1-6(8(12)11-9)7-3-2-4-10-5-7;/h2-6H,9H2,1H3,(H,11,12);1H. The second kappa shape index (κ2) is 5.50. The van der Waals surface area contributed by atoms with E-state index in [9.17, 15) is 4.79 Å². The van der Waals surface area contributed by atoms with Crippen LogP contribution in [0, 0.1) is 0 Å². The van der Waals surface area contributed by atoms with Gasteiger partial charge in [-0.3, -0.25) is 15.2 Å². The lowest BCUT2D eigenvalue weighted by molar-refractivity contribution is -0.122. The number of carbonyl (C=O) groups is 1. The van der Waals surface area contributed by atoms with Crippen molar-refractivity contribution in [1.82, 2.24) is 10.4 Å². The molecule has 0 saturated heterocycles. The Labute approximate surface area is 82.9 Å². The van der Waals surface area contributed by atoms with Gasteiger partial charge >= 0.3 is 0 Å². The third-order valence-electron chi connectivity index (χ3n) is 1.72. The molecule has 0 spiro atoms. The zero-order valence-corrected chi connectivity index (χ0v) is 8.04. The van der Waals surface area contributed by atoms with E-state index in [2.05, 4.69) is 10.4 Å². The Morgan fingerprint density at radius 2 is 2.38 bits per heavy atom. The Bertz CT molecular complexity index is 265. The molecule has 72 valence electrons. The van der Waals surface area contributed by atoms with E-state index in [0.29, 0.717) is 0 Å². The molecule has 1 rings (SSSR count). The Kier molecular flexibility index (Phi) is 5.03. The summed E-state index contributed by atoms with van der Waals surface area (Å²) >= 11 is 0. The quantitative estimate of drug-likeness (QED) is 0.418. The van der Waals surface area contributed by atoms with Crippen molar-refractivity contribution in [3.8, 4) is 0 Å². The van der Waals surface area contributed by atoms with Crippen molar-refractivity contribution in [3.05, 3.63) is 30.1 Å². The zero-order chi connectivity index (χ0) is 8.97. The SMILES string of the molecule is CC(C(=O)NN)c1cccnc1.Cl. The van der Waals surface area contributed by atoms with Gasteiger partial charge in [-0.1, -0.05) is 6.07 Å². The van der Waals surface area contributed by atoms with Crippen molar-refractivity contribution in [2.24, 2.45) is 5.84 Å². The number of hydrogen-bond acceptors (Lipinski definition) is 3. The molecule has 0 aliphatic heterocycles. The Hall–Kier alpha value is -1.13. The molecule has 1 amide bonds. The molecule has 1 aromatic heterocycles. The van der Waals surface area contributed by atoms with Crippen molar-refractivity contribution < 1.29 is 4.79 Å². The molecule has 1 atom stereocenters. The predicted octanol–water partition coefficient (Wildman–Crippen LogP) is 0.597. The molecule has 0 radical (unpaired) electrons. The van der Waals surface area contributed by atoms with E-state index >= 15 is 0 Å². The highest BCUT2D eigenvalue weighted by atomic mass is 35.5. The number of halogens is 1. The molecule has 1 unspecified atom stereocenters. The van der Waals surface area contributed by atoms with Crippen LogP contribution in [-0.2, 0) is 4.79 Å². The summed E-state index contributed by atoms with van der Waals surface area (Å²) in [6.07, 6.45) is 3.32. The van der Waals surface area contributed by atoms with Gasteiger partial charge in [-0.2, -0.15) is 0 Å². The molecule has 0 aliphatic carbocycles. The van der Waals surface area contributed by atoms with Crippen LogP contribution in [0.4, 0.5) is 0 Å². The number of carbonyl (C=O) groups excluding carboxylic acids is 1. The number of amides is 1. The number of nitrogens with two attached hydrogens (primary N) is 1. The lowest BCUT2D eigenvalue weighted by Gasteiger charge is -2.08. The fraction of sp³-hybridized carbons (Fsp3) is 0.250. The number of nitrogens with one attached hydrogen (secondary N) is 1. The summed E-state index contributed by atoms with van der Waals surface area (Å²) in [6.45, 7) is 1.78. The summed E-state index contributed by atoms with van der Waals surface area (Å²) in [4.78, 5) is 14.9. The van der Waals surface area contributed by atoms with Gasteiger partial charge in [0.05, 0.1) is 5.92 Å². The summed E-state index contributed by atoms with van der Waals surface area (Å²) in [5.74, 6) is 4.54. The first-order valence-corrected chi connectivity index (χ1v) is 3.66. The fourth-order valence-corrected chi connectivity index (χ4v) is 0.908. The van der Waals surface area contributed by atoms with Gasteiger partial charge < -0.3 is 0 Å². The van der Waals surface area contributed by atoms with Gasteiger partial charge in [-0.05, 0) is 18.6 Å². The molecule has 5 heteroatoms. The first-order chi connectivity index (χ1) is 5.75. The van der Waals surface area contributed by atoms with Crippen LogP contribution in [0.5, 0.6) is 0 Å². The summed E-state index contributed by atoms with van der Waals surface area (Å²) in [6, 6.07) is 3.63. The minimum absolute atomic E-state index is 0. The van der Waals surface area contributed by atoms with Gasteiger partial charge in [-0.25, -0.2) is 5.84 Å². The maximum Gasteiger partial charge on any atom is 0.241 e. The van der Waals surface area contributed by atoms with Crippen molar-refractivity contribution in [3.63, 3.8) is 0 Å². The lowest BCUT2D eigenvalue weighted by Crippen LogP contribution is -2.33. The predicted molar refractivity (Wildman–Crippen MR) is 52.2 cm³/mol. The second-order valence-corrected chi connectivity index (χ2v) is 2.52. The van der Waals surface area contributed by atoms with Gasteiger partial charge in [0.2, 0.25) is 5.91 Å². The molecular weight excluding hydrogens is 190 g/mol. The number of rotatable bonds is 2. The summed E-state index contributed by atoms with van der Waals surface area (Å²) in [5.41, 5.74) is 2.96. The van der Waals surface area contributed by atoms with Crippen LogP contribution in [0.25, 0.3) is 0 Å². The van der Waals surface area contributed by atoms with Crippen LogP contribution in [0.3, 0.4) is 0 Å². The highest BCUT2D eigenvalue weighted by Gasteiger charge is 2.12. The van der Waals surface area contributed by atoms with Crippen LogP contribution in [0.15, 0.2) is 24.5 Å². The highest BCUT2D eigenvalue weighted by molar-refractivity contribution is 5.85. The van der Waals surface area contributed by atoms with Crippen molar-refractivity contribution in [2.75, 3.05) is 0 Å². The molecule has 0 aliphatic rings. The summed E-state index contributed by atoms with van der Waals surface area (Å²) in [5, 5.41) is 0. The maximum absolute atomic E-state index is 11.0. The molecule has 1 aromatic rings. The van der Waals surface area contributed by atoms with E-state index in [1.165, 1.54) is 0 Å². The van der Waals surface area contributed by atoms with E-state index in [4.69, 9.17) is 5.84 Å². The molecule has 0 saturated carbocycles. The average Bonchev–Trinajstić information content (AvgIpc) is 2.17. The minimum atomic E-state index is -0.247. The Balaban J connectivity index is 0.00000144. The molecule has 0 bridgehead atoms. The first kappa shape index (κ1) is 11.9. The first-order valence-electron chi connectivity index (χ1n) is 3.66. The fourth-order valence-electron chi connectivity index (χ4n) is 0.908. The van der Waals surface area contributed by atoms with E-state index < -0.39 is 0 Å². The molecule has 13 heavy (non-hydrogen) atoms. The zero-order valence-electron chi connectivity index (χ0n) is 7.23. The molecule has 0 fully saturated rings. The molecule has 1 heterocycles. The van der Waals surface area contributed by atoms with Crippen molar-refractivity contribution >= 4 is 18.3 Å². The van der Waals surface area contributed by atoms with Gasteiger partial charge in [0.1, 0.15) is 0 Å². The van der Waals surface area contributed by atoms with Crippen LogP contribution in [0.2, 0.25) is 0 Å². The summed E-state index contributed by atoms with van der Waals surface area (Å²) in [7, 11) is 0. The highest BCUT2D eigenvalue weighted by Crippen LogP contribution is 2.12.